The lowest BCUT2D eigenvalue weighted by atomic mass is 9.78. The first-order valence-electron chi connectivity index (χ1n) is 22.5. The van der Waals surface area contributed by atoms with E-state index in [0.717, 1.165) is 64.1 Å². The molecule has 4 atom stereocenters. The monoisotopic (exact) mass is 896 g/mol. The molecule has 2 aliphatic heterocycles. The van der Waals surface area contributed by atoms with Crippen LogP contribution in [0.1, 0.15) is 99.8 Å². The highest BCUT2D eigenvalue weighted by Crippen LogP contribution is 2.38. The van der Waals surface area contributed by atoms with Crippen LogP contribution in [0.2, 0.25) is 0 Å². The van der Waals surface area contributed by atoms with Crippen LogP contribution in [0.25, 0.3) is 32.7 Å². The van der Waals surface area contributed by atoms with Crippen LogP contribution in [-0.4, -0.2) is 94.2 Å². The highest BCUT2D eigenvalue weighted by Gasteiger charge is 2.45. The maximum absolute atomic E-state index is 14.3. The van der Waals surface area contributed by atoms with Gasteiger partial charge in [0.05, 0.1) is 40.5 Å². The molecule has 0 bridgehead atoms. The molecule has 2 aromatic carbocycles. The van der Waals surface area contributed by atoms with Gasteiger partial charge in [0.15, 0.2) is 5.65 Å². The molecular weight excluding hydrogens is 841 g/mol. The molecule has 0 spiro atoms. The Kier molecular flexibility index (Phi) is 12.1. The second-order valence-electron chi connectivity index (χ2n) is 19.0. The Hall–Kier alpha value is -6.26. The zero-order chi connectivity index (χ0) is 45.6. The Morgan fingerprint density at radius 3 is 2.37 bits per heavy atom. The zero-order valence-electron chi connectivity index (χ0n) is 37.4. The molecular formula is C49H56N10O5S. The van der Waals surface area contributed by atoms with Crippen molar-refractivity contribution in [1.29, 1.82) is 0 Å². The summed E-state index contributed by atoms with van der Waals surface area (Å²) in [7, 11) is 0. The lowest BCUT2D eigenvalue weighted by Gasteiger charge is -2.37. The number of H-pyrrole nitrogens is 1. The minimum atomic E-state index is -0.890. The summed E-state index contributed by atoms with van der Waals surface area (Å²) in [6, 6.07) is 15.0. The summed E-state index contributed by atoms with van der Waals surface area (Å²) in [6.07, 6.45) is 6.74. The number of phenols is 1. The van der Waals surface area contributed by atoms with E-state index in [2.05, 4.69) is 35.7 Å². The molecule has 6 aromatic rings. The predicted octanol–water partition coefficient (Wildman–Crippen LogP) is 6.76. The molecule has 1 saturated carbocycles. The number of anilines is 1. The number of hydrogen-bond acceptors (Lipinski definition) is 12. The van der Waals surface area contributed by atoms with E-state index in [1.165, 1.54) is 10.5 Å². The maximum Gasteiger partial charge on any atom is 0.246 e. The molecule has 4 aromatic heterocycles. The third kappa shape index (κ3) is 9.06. The third-order valence-electron chi connectivity index (χ3n) is 13.5. The summed E-state index contributed by atoms with van der Waals surface area (Å²) in [6.45, 7) is 11.0. The first-order chi connectivity index (χ1) is 31.2. The van der Waals surface area contributed by atoms with Gasteiger partial charge >= 0.3 is 0 Å². The number of fused-ring (bicyclic) bond motifs is 3. The number of nitrogens with zero attached hydrogens (tertiary/aromatic N) is 7. The summed E-state index contributed by atoms with van der Waals surface area (Å²) in [5.74, 6) is -0.118. The van der Waals surface area contributed by atoms with E-state index in [0.29, 0.717) is 42.2 Å². The molecule has 338 valence electrons. The van der Waals surface area contributed by atoms with Gasteiger partial charge in [-0.25, -0.2) is 15.0 Å². The molecule has 1 saturated heterocycles. The van der Waals surface area contributed by atoms with Gasteiger partial charge in [-0.05, 0) is 97.7 Å². The second kappa shape index (κ2) is 18.0. The minimum absolute atomic E-state index is 0.0162. The van der Waals surface area contributed by atoms with Crippen molar-refractivity contribution in [1.82, 2.24) is 45.7 Å². The van der Waals surface area contributed by atoms with E-state index < -0.39 is 23.6 Å². The van der Waals surface area contributed by atoms with Gasteiger partial charge in [-0.1, -0.05) is 57.2 Å². The number of nitrogens with one attached hydrogen (secondary N) is 3. The van der Waals surface area contributed by atoms with E-state index in [4.69, 9.17) is 9.97 Å². The van der Waals surface area contributed by atoms with Crippen LogP contribution in [0.3, 0.4) is 0 Å². The standard InChI is InChI=1S/C49H56N10O5S/c1-27(29-10-14-31(15-11-29)42-28(2)52-26-65-42)53-46(63)40-20-34(60)24-59(40)47(64)43(49(3,4)5)55-45(62)32-16-12-30(13-17-32)33-22-50-48(51-23-33)58-19-18-35-37-21-38(36-8-6-7-9-41(36)61)56-57-44(37)54-39(35)25-58/h6-11,14-15,21-23,26-27,30,32,34,40,43,60-61H,12-13,16-20,24-25H2,1-5H3,(H,53,63)(H,54,57)(H,55,62)/t27-,30?,32?,34+,40-,43+/m0/s1. The van der Waals surface area contributed by atoms with Crippen LogP contribution < -0.4 is 15.5 Å². The first kappa shape index (κ1) is 44.0. The summed E-state index contributed by atoms with van der Waals surface area (Å²) in [5, 5.41) is 37.1. The SMILES string of the molecule is Cc1ncsc1-c1ccc([C@H](C)NC(=O)[C@@H]2C[C@@H](O)CN2C(=O)[C@@H](NC(=O)C2CCC(c3cnc(N4CCc5c([nH]c6nnc(-c7ccccc7O)cc56)C4)nc3)CC2)C(C)(C)C)cc1. The smallest absolute Gasteiger partial charge is 0.246 e. The van der Waals surface area contributed by atoms with E-state index in [1.54, 1.807) is 23.5 Å². The van der Waals surface area contributed by atoms with Crippen molar-refractivity contribution in [3.8, 4) is 27.4 Å². The fourth-order valence-electron chi connectivity index (χ4n) is 9.69. The Morgan fingerprint density at radius 1 is 0.938 bits per heavy atom. The second-order valence-corrected chi connectivity index (χ2v) is 19.8. The Labute approximate surface area is 382 Å². The number of benzene rings is 2. The molecule has 0 radical (unpaired) electrons. The van der Waals surface area contributed by atoms with Gasteiger partial charge in [-0.2, -0.15) is 0 Å². The number of rotatable bonds is 10. The molecule has 2 fully saturated rings. The molecule has 16 heteroatoms. The van der Waals surface area contributed by atoms with Gasteiger partial charge in [0.1, 0.15) is 17.8 Å². The van der Waals surface area contributed by atoms with Gasteiger partial charge in [0, 0.05) is 54.5 Å². The van der Waals surface area contributed by atoms with Gasteiger partial charge in [-0.15, -0.1) is 21.5 Å². The van der Waals surface area contributed by atoms with Crippen molar-refractivity contribution in [2.45, 2.75) is 110 Å². The average Bonchev–Trinajstić information content (AvgIpc) is 4.03. The van der Waals surface area contributed by atoms with Crippen molar-refractivity contribution in [2.75, 3.05) is 18.0 Å². The van der Waals surface area contributed by atoms with Gasteiger partial charge in [0.25, 0.3) is 0 Å². The normalized spacial score (nSPS) is 20.9. The fraction of sp³-hybridized carbons (Fsp3) is 0.429. The van der Waals surface area contributed by atoms with Crippen LogP contribution in [0, 0.1) is 18.3 Å². The summed E-state index contributed by atoms with van der Waals surface area (Å²) < 4.78 is 0. The van der Waals surface area contributed by atoms with Gasteiger partial charge < -0.3 is 35.6 Å². The van der Waals surface area contributed by atoms with Crippen LogP contribution in [-0.2, 0) is 27.3 Å². The number of carbonyl (C=O) groups is 3. The zero-order valence-corrected chi connectivity index (χ0v) is 38.2. The number of β-amino-alcohol motifs (C(OH)–C–C–N with tert-alkyl or cyclic N) is 1. The molecule has 0 unspecified atom stereocenters. The van der Waals surface area contributed by atoms with E-state index in [1.807, 2.05) is 95.0 Å². The number of aromatic hydroxyl groups is 1. The highest BCUT2D eigenvalue weighted by atomic mass is 32.1. The fourth-order valence-corrected chi connectivity index (χ4v) is 10.5. The molecule has 3 amide bonds. The van der Waals surface area contributed by atoms with E-state index in [9.17, 15) is 24.6 Å². The van der Waals surface area contributed by atoms with Crippen molar-refractivity contribution in [2.24, 2.45) is 11.3 Å². The Morgan fingerprint density at radius 2 is 1.68 bits per heavy atom. The van der Waals surface area contributed by atoms with Crippen molar-refractivity contribution >= 4 is 46.0 Å². The Bertz CT molecular complexity index is 2700. The molecule has 15 nitrogen and oxygen atoms in total. The molecule has 6 heterocycles. The number of aromatic nitrogens is 6. The van der Waals surface area contributed by atoms with Crippen molar-refractivity contribution in [3.63, 3.8) is 0 Å². The number of carbonyl (C=O) groups excluding carboxylic acids is 3. The number of amides is 3. The van der Waals surface area contributed by atoms with Crippen LogP contribution >= 0.6 is 11.3 Å². The summed E-state index contributed by atoms with van der Waals surface area (Å²) >= 11 is 1.58. The molecule has 1 aliphatic carbocycles. The highest BCUT2D eigenvalue weighted by molar-refractivity contribution is 7.13. The number of thiazole rings is 1. The topological polar surface area (TPSA) is 202 Å². The van der Waals surface area contributed by atoms with Crippen LogP contribution in [0.15, 0.2) is 72.5 Å². The van der Waals surface area contributed by atoms with Gasteiger partial charge in [0.2, 0.25) is 23.7 Å². The number of likely N-dealkylation sites (tertiary alicyclic amines) is 1. The molecule has 65 heavy (non-hydrogen) atoms. The van der Waals surface area contributed by atoms with E-state index >= 15 is 0 Å². The molecule has 5 N–H and O–H groups in total. The lowest BCUT2D eigenvalue weighted by molar-refractivity contribution is -0.144. The predicted molar refractivity (Wildman–Crippen MR) is 249 cm³/mol. The average molecular weight is 897 g/mol. The number of aryl methyl sites for hydroxylation is 1. The molecule has 9 rings (SSSR count). The number of phenolic OH excluding ortho intramolecular Hbond substituents is 1. The number of para-hydroxylation sites is 1. The van der Waals surface area contributed by atoms with Crippen LogP contribution in [0.5, 0.6) is 5.75 Å². The van der Waals surface area contributed by atoms with Gasteiger partial charge in [-0.3, -0.25) is 14.4 Å². The number of aliphatic hydroxyl groups excluding tert-OH is 1. The maximum atomic E-state index is 14.3. The van der Waals surface area contributed by atoms with Crippen molar-refractivity contribution in [3.05, 3.63) is 101 Å². The van der Waals surface area contributed by atoms with Crippen LogP contribution in [0.4, 0.5) is 5.95 Å². The summed E-state index contributed by atoms with van der Waals surface area (Å²) in [4.78, 5) is 64.1. The number of hydrogen-bond donors (Lipinski definition) is 5. The first-order valence-corrected chi connectivity index (χ1v) is 23.4. The Balaban J connectivity index is 0.790. The molecule has 3 aliphatic rings. The van der Waals surface area contributed by atoms with E-state index in [-0.39, 0.29) is 54.3 Å². The largest absolute Gasteiger partial charge is 0.507 e. The number of aliphatic hydroxyl groups is 1. The number of aromatic amines is 1. The minimum Gasteiger partial charge on any atom is -0.507 e. The summed E-state index contributed by atoms with van der Waals surface area (Å²) in [5.41, 5.74) is 9.38. The third-order valence-corrected chi connectivity index (χ3v) is 14.4. The quantitative estimate of drug-likeness (QED) is 0.0973. The van der Waals surface area contributed by atoms with Crippen molar-refractivity contribution < 1.29 is 24.6 Å². The lowest BCUT2D eigenvalue weighted by Crippen LogP contribution is -2.58.